The molecule has 46 heavy (non-hydrogen) atoms. The second-order valence-electron chi connectivity index (χ2n) is 10.9. The van der Waals surface area contributed by atoms with E-state index in [9.17, 15) is 19.2 Å². The summed E-state index contributed by atoms with van der Waals surface area (Å²) in [5.74, 6) is -1.86. The Labute approximate surface area is 266 Å². The quantitative estimate of drug-likeness (QED) is 0.266. The number of nitrogens with one attached hydrogen (secondary N) is 1. The van der Waals surface area contributed by atoms with Crippen LogP contribution in [0.3, 0.4) is 0 Å². The van der Waals surface area contributed by atoms with Crippen LogP contribution in [0.1, 0.15) is 27.5 Å². The molecule has 11 heteroatoms. The highest BCUT2D eigenvalue weighted by atomic mass is 16.5. The van der Waals surface area contributed by atoms with Crippen LogP contribution in [-0.4, -0.2) is 73.3 Å². The topological polar surface area (TPSA) is 121 Å². The maximum absolute atomic E-state index is 14.3. The van der Waals surface area contributed by atoms with Crippen LogP contribution in [-0.2, 0) is 25.7 Å². The van der Waals surface area contributed by atoms with Crippen LogP contribution in [0, 0.1) is 0 Å². The molecule has 0 saturated carbocycles. The Kier molecular flexibility index (Phi) is 9.02. The molecule has 1 unspecified atom stereocenters. The number of aromatic nitrogens is 1. The third-order valence-corrected chi connectivity index (χ3v) is 8.07. The van der Waals surface area contributed by atoms with Crippen molar-refractivity contribution in [3.63, 3.8) is 0 Å². The van der Waals surface area contributed by atoms with Gasteiger partial charge in [0, 0.05) is 43.4 Å². The molecule has 3 amide bonds. The number of anilines is 3. The molecule has 1 saturated heterocycles. The Bertz CT molecular complexity index is 1720. The van der Waals surface area contributed by atoms with Gasteiger partial charge in [0.15, 0.2) is 0 Å². The van der Waals surface area contributed by atoms with Gasteiger partial charge in [0.05, 0.1) is 31.6 Å². The van der Waals surface area contributed by atoms with E-state index in [0.717, 1.165) is 18.8 Å². The van der Waals surface area contributed by atoms with Gasteiger partial charge in [0.1, 0.15) is 18.3 Å². The van der Waals surface area contributed by atoms with Gasteiger partial charge in [-0.15, -0.1) is 0 Å². The van der Waals surface area contributed by atoms with Gasteiger partial charge in [-0.3, -0.25) is 29.1 Å². The van der Waals surface area contributed by atoms with Crippen molar-refractivity contribution < 1.29 is 28.7 Å². The van der Waals surface area contributed by atoms with Crippen molar-refractivity contribution in [2.24, 2.45) is 0 Å². The van der Waals surface area contributed by atoms with E-state index in [-0.39, 0.29) is 12.1 Å². The van der Waals surface area contributed by atoms with Gasteiger partial charge >= 0.3 is 0 Å². The Hall–Kier alpha value is -5.55. The van der Waals surface area contributed by atoms with Gasteiger partial charge in [-0.2, -0.15) is 0 Å². The first kappa shape index (κ1) is 30.5. The molecule has 6 rings (SSSR count). The monoisotopic (exact) mass is 619 g/mol. The molecule has 234 valence electrons. The number of nitrogens with zero attached hydrogens (tertiary/aromatic N) is 4. The second kappa shape index (κ2) is 13.6. The molecule has 11 nitrogen and oxygen atoms in total. The number of Topliss-reactive ketones (excluding diaryl/α,β-unsaturated/α-hetero) is 1. The summed E-state index contributed by atoms with van der Waals surface area (Å²) in [5, 5.41) is 2.99. The SMILES string of the molecule is COc1ccc(C(C(=O)Nc2ccc(N3CCOCC3)cc2)N(Cc2cccnc2)C(=O)CN2C(=O)C(=O)c3ccccc32)cc1. The molecule has 2 aliphatic heterocycles. The summed E-state index contributed by atoms with van der Waals surface area (Å²) in [6.45, 7) is 2.47. The van der Waals surface area contributed by atoms with Gasteiger partial charge < -0.3 is 24.6 Å². The first-order chi connectivity index (χ1) is 22.4. The highest BCUT2D eigenvalue weighted by Crippen LogP contribution is 2.31. The first-order valence-electron chi connectivity index (χ1n) is 14.9. The summed E-state index contributed by atoms with van der Waals surface area (Å²) in [6.07, 6.45) is 3.24. The lowest BCUT2D eigenvalue weighted by atomic mass is 10.0. The first-order valence-corrected chi connectivity index (χ1v) is 14.9. The number of fused-ring (bicyclic) bond motifs is 1. The van der Waals surface area contributed by atoms with Crippen LogP contribution in [0.2, 0.25) is 0 Å². The highest BCUT2D eigenvalue weighted by molar-refractivity contribution is 6.52. The second-order valence-corrected chi connectivity index (χ2v) is 10.9. The van der Waals surface area contributed by atoms with Crippen LogP contribution in [0.4, 0.5) is 17.1 Å². The third-order valence-electron chi connectivity index (χ3n) is 8.07. The van der Waals surface area contributed by atoms with E-state index in [2.05, 4.69) is 15.2 Å². The minimum Gasteiger partial charge on any atom is -0.497 e. The number of ketones is 1. The fourth-order valence-corrected chi connectivity index (χ4v) is 5.69. The van der Waals surface area contributed by atoms with Crippen molar-refractivity contribution in [1.29, 1.82) is 0 Å². The average molecular weight is 620 g/mol. The van der Waals surface area contributed by atoms with Crippen LogP contribution < -0.4 is 19.9 Å². The zero-order chi connectivity index (χ0) is 32.0. The molecule has 3 heterocycles. The van der Waals surface area contributed by atoms with E-state index in [1.807, 2.05) is 24.3 Å². The van der Waals surface area contributed by atoms with Gasteiger partial charge in [0.2, 0.25) is 5.91 Å². The number of hydrogen-bond acceptors (Lipinski definition) is 8. The van der Waals surface area contributed by atoms with Crippen LogP contribution in [0.5, 0.6) is 5.75 Å². The van der Waals surface area contributed by atoms with E-state index < -0.39 is 36.1 Å². The summed E-state index contributed by atoms with van der Waals surface area (Å²) in [7, 11) is 1.55. The molecule has 0 bridgehead atoms. The molecule has 3 aromatic carbocycles. The molecule has 1 N–H and O–H groups in total. The van der Waals surface area contributed by atoms with E-state index in [4.69, 9.17) is 9.47 Å². The average Bonchev–Trinajstić information content (AvgIpc) is 3.34. The number of pyridine rings is 1. The number of carbonyl (C=O) groups is 4. The molecular formula is C35H33N5O6. The maximum Gasteiger partial charge on any atom is 0.299 e. The van der Waals surface area contributed by atoms with Crippen molar-refractivity contribution >= 4 is 40.6 Å². The minimum atomic E-state index is -1.11. The van der Waals surface area contributed by atoms with Crippen molar-refractivity contribution in [3.8, 4) is 5.75 Å². The molecule has 1 fully saturated rings. The number of ether oxygens (including phenoxy) is 2. The van der Waals surface area contributed by atoms with Crippen LogP contribution in [0.25, 0.3) is 0 Å². The molecule has 1 aromatic heterocycles. The van der Waals surface area contributed by atoms with E-state index in [1.54, 1.807) is 80.2 Å². The number of amides is 3. The van der Waals surface area contributed by atoms with Crippen molar-refractivity contribution in [3.05, 3.63) is 114 Å². The molecule has 0 radical (unpaired) electrons. The lowest BCUT2D eigenvalue weighted by Crippen LogP contribution is -2.46. The predicted molar refractivity (Wildman–Crippen MR) is 172 cm³/mol. The molecule has 0 spiro atoms. The van der Waals surface area contributed by atoms with Gasteiger partial charge in [-0.05, 0) is 65.7 Å². The lowest BCUT2D eigenvalue weighted by molar-refractivity contribution is -0.139. The largest absolute Gasteiger partial charge is 0.497 e. The Balaban J connectivity index is 1.33. The summed E-state index contributed by atoms with van der Waals surface area (Å²) in [4.78, 5) is 63.2. The minimum absolute atomic E-state index is 0.0182. The van der Waals surface area contributed by atoms with Crippen molar-refractivity contribution in [1.82, 2.24) is 9.88 Å². The number of rotatable bonds is 10. The Morgan fingerprint density at radius 1 is 0.957 bits per heavy atom. The smallest absolute Gasteiger partial charge is 0.299 e. The van der Waals surface area contributed by atoms with Gasteiger partial charge in [-0.25, -0.2) is 0 Å². The number of carbonyl (C=O) groups excluding carboxylic acids is 4. The van der Waals surface area contributed by atoms with E-state index in [0.29, 0.717) is 41.5 Å². The van der Waals surface area contributed by atoms with Gasteiger partial charge in [-0.1, -0.05) is 30.3 Å². The number of para-hydroxylation sites is 1. The molecule has 0 aliphatic carbocycles. The zero-order valence-corrected chi connectivity index (χ0v) is 25.3. The van der Waals surface area contributed by atoms with E-state index in [1.165, 1.54) is 9.80 Å². The predicted octanol–water partition coefficient (Wildman–Crippen LogP) is 3.86. The summed E-state index contributed by atoms with van der Waals surface area (Å²) in [5.41, 5.74) is 3.39. The third kappa shape index (κ3) is 6.45. The van der Waals surface area contributed by atoms with Crippen molar-refractivity contribution in [2.75, 3.05) is 55.1 Å². The lowest BCUT2D eigenvalue weighted by Gasteiger charge is -2.33. The number of hydrogen-bond donors (Lipinski definition) is 1. The standard InChI is InChI=1S/C35H33N5O6/c1-45-28-14-8-25(9-15-28)32(34(43)37-26-10-12-27(13-11-26)38-17-19-46-20-18-38)40(22-24-5-4-16-36-21-24)31(41)23-39-30-7-3-2-6-29(30)33(42)35(39)44/h2-16,21,32H,17-20,22-23H2,1H3,(H,37,43). The van der Waals surface area contributed by atoms with Crippen LogP contribution in [0.15, 0.2) is 97.3 Å². The Morgan fingerprint density at radius 2 is 1.70 bits per heavy atom. The highest BCUT2D eigenvalue weighted by Gasteiger charge is 2.39. The summed E-state index contributed by atoms with van der Waals surface area (Å²) in [6, 6.07) is 23.4. The van der Waals surface area contributed by atoms with E-state index >= 15 is 0 Å². The molecule has 4 aromatic rings. The molecule has 2 aliphatic rings. The summed E-state index contributed by atoms with van der Waals surface area (Å²) < 4.78 is 10.8. The number of morpholine rings is 1. The summed E-state index contributed by atoms with van der Waals surface area (Å²) >= 11 is 0. The fourth-order valence-electron chi connectivity index (χ4n) is 5.69. The molecule has 1 atom stereocenters. The van der Waals surface area contributed by atoms with Crippen LogP contribution >= 0.6 is 0 Å². The Morgan fingerprint density at radius 3 is 2.39 bits per heavy atom. The van der Waals surface area contributed by atoms with Crippen molar-refractivity contribution in [2.45, 2.75) is 12.6 Å². The zero-order valence-electron chi connectivity index (χ0n) is 25.3. The fraction of sp³-hybridized carbons (Fsp3) is 0.229. The molecular weight excluding hydrogens is 586 g/mol. The van der Waals surface area contributed by atoms with Gasteiger partial charge in [0.25, 0.3) is 17.6 Å². The maximum atomic E-state index is 14.3. The number of methoxy groups -OCH3 is 1. The number of benzene rings is 3. The normalized spacial score (nSPS) is 14.9.